The summed E-state index contributed by atoms with van der Waals surface area (Å²) in [6.45, 7) is 3.61. The van der Waals surface area contributed by atoms with Crippen LogP contribution in [0.25, 0.3) is 11.4 Å². The molecule has 96 valence electrons. The quantitative estimate of drug-likeness (QED) is 0.666. The van der Waals surface area contributed by atoms with Gasteiger partial charge in [0.15, 0.2) is 10.6 Å². The Kier molecular flexibility index (Phi) is 4.28. The lowest BCUT2D eigenvalue weighted by Gasteiger charge is -2.08. The minimum Gasteiger partial charge on any atom is -0.385 e. The van der Waals surface area contributed by atoms with Gasteiger partial charge in [-0.05, 0) is 31.1 Å². The minimum atomic E-state index is 0.657. The van der Waals surface area contributed by atoms with Gasteiger partial charge in [-0.15, -0.1) is 0 Å². The second kappa shape index (κ2) is 5.93. The van der Waals surface area contributed by atoms with Crippen molar-refractivity contribution in [3.63, 3.8) is 0 Å². The summed E-state index contributed by atoms with van der Waals surface area (Å²) in [4.78, 5) is 0. The predicted octanol–water partition coefficient (Wildman–Crippen LogP) is 2.95. The number of nitrogens with zero attached hydrogens (tertiary/aromatic N) is 2. The summed E-state index contributed by atoms with van der Waals surface area (Å²) >= 11 is 5.27. The highest BCUT2D eigenvalue weighted by Gasteiger charge is 2.10. The fraction of sp³-hybridized carbons (Fsp3) is 0.385. The maximum absolute atomic E-state index is 5.27. The van der Waals surface area contributed by atoms with Crippen LogP contribution in [-0.2, 0) is 11.3 Å². The first kappa shape index (κ1) is 13.0. The van der Waals surface area contributed by atoms with Gasteiger partial charge in [0.25, 0.3) is 0 Å². The Bertz CT molecular complexity index is 574. The third kappa shape index (κ3) is 2.68. The molecule has 0 saturated heterocycles. The summed E-state index contributed by atoms with van der Waals surface area (Å²) in [5, 5.41) is 7.20. The smallest absolute Gasteiger partial charge is 0.195 e. The fourth-order valence-corrected chi connectivity index (χ4v) is 2.14. The van der Waals surface area contributed by atoms with Crippen molar-refractivity contribution in [2.24, 2.45) is 0 Å². The van der Waals surface area contributed by atoms with Crippen LogP contribution in [0.3, 0.4) is 0 Å². The second-order valence-electron chi connectivity index (χ2n) is 4.17. The second-order valence-corrected chi connectivity index (χ2v) is 4.55. The first-order chi connectivity index (χ1) is 8.74. The third-order valence-corrected chi connectivity index (χ3v) is 3.19. The number of hydrogen-bond acceptors (Lipinski definition) is 3. The summed E-state index contributed by atoms with van der Waals surface area (Å²) in [6.07, 6.45) is 0.920. The van der Waals surface area contributed by atoms with Crippen molar-refractivity contribution in [1.82, 2.24) is 14.8 Å². The van der Waals surface area contributed by atoms with Gasteiger partial charge in [-0.1, -0.05) is 24.3 Å². The zero-order valence-electron chi connectivity index (χ0n) is 10.6. The summed E-state index contributed by atoms with van der Waals surface area (Å²) in [5.41, 5.74) is 2.31. The van der Waals surface area contributed by atoms with Crippen molar-refractivity contribution in [1.29, 1.82) is 0 Å². The lowest BCUT2D eigenvalue weighted by molar-refractivity contribution is 0.190. The molecule has 0 saturated carbocycles. The molecule has 0 amide bonds. The SMILES string of the molecule is COCCCn1c(-c2ccccc2C)n[nH]c1=S. The number of H-pyrrole nitrogens is 1. The highest BCUT2D eigenvalue weighted by Crippen LogP contribution is 2.21. The zero-order valence-corrected chi connectivity index (χ0v) is 11.5. The number of methoxy groups -OCH3 is 1. The molecule has 0 aliphatic heterocycles. The Hall–Kier alpha value is -1.46. The van der Waals surface area contributed by atoms with Crippen molar-refractivity contribution < 1.29 is 4.74 Å². The number of nitrogens with one attached hydrogen (secondary N) is 1. The molecule has 2 aromatic rings. The summed E-state index contributed by atoms with van der Waals surface area (Å²) in [7, 11) is 1.71. The molecule has 0 bridgehead atoms. The summed E-state index contributed by atoms with van der Waals surface area (Å²) < 4.78 is 7.75. The Morgan fingerprint density at radius 3 is 2.89 bits per heavy atom. The normalized spacial score (nSPS) is 10.8. The highest BCUT2D eigenvalue weighted by molar-refractivity contribution is 7.71. The lowest BCUT2D eigenvalue weighted by Crippen LogP contribution is -2.04. The van der Waals surface area contributed by atoms with Crippen LogP contribution in [0.4, 0.5) is 0 Å². The number of benzene rings is 1. The monoisotopic (exact) mass is 263 g/mol. The van der Waals surface area contributed by atoms with E-state index in [1.54, 1.807) is 7.11 Å². The van der Waals surface area contributed by atoms with Crippen molar-refractivity contribution >= 4 is 12.2 Å². The van der Waals surface area contributed by atoms with Crippen molar-refractivity contribution in [2.45, 2.75) is 19.9 Å². The molecule has 0 atom stereocenters. The van der Waals surface area contributed by atoms with E-state index in [0.29, 0.717) is 4.77 Å². The standard InChI is InChI=1S/C13H17N3OS/c1-10-6-3-4-7-11(10)12-14-15-13(18)16(12)8-5-9-17-2/h3-4,6-7H,5,8-9H2,1-2H3,(H,15,18). The number of hydrogen-bond donors (Lipinski definition) is 1. The van der Waals surface area contributed by atoms with E-state index >= 15 is 0 Å². The Morgan fingerprint density at radius 2 is 2.17 bits per heavy atom. The largest absolute Gasteiger partial charge is 0.385 e. The summed E-state index contributed by atoms with van der Waals surface area (Å²) in [5.74, 6) is 0.897. The Morgan fingerprint density at radius 1 is 1.39 bits per heavy atom. The van der Waals surface area contributed by atoms with E-state index in [0.717, 1.165) is 31.0 Å². The van der Waals surface area contributed by atoms with E-state index < -0.39 is 0 Å². The van der Waals surface area contributed by atoms with Crippen LogP contribution >= 0.6 is 12.2 Å². The maximum Gasteiger partial charge on any atom is 0.195 e. The molecule has 0 unspecified atom stereocenters. The van der Waals surface area contributed by atoms with Gasteiger partial charge in [-0.3, -0.25) is 5.10 Å². The van der Waals surface area contributed by atoms with Crippen LogP contribution in [0.15, 0.2) is 24.3 Å². The molecule has 0 fully saturated rings. The van der Waals surface area contributed by atoms with Crippen molar-refractivity contribution in [3.8, 4) is 11.4 Å². The Balaban J connectivity index is 2.34. The molecule has 5 heteroatoms. The minimum absolute atomic E-state index is 0.657. The van der Waals surface area contributed by atoms with Crippen molar-refractivity contribution in [2.75, 3.05) is 13.7 Å². The van der Waals surface area contributed by atoms with Gasteiger partial charge in [-0.25, -0.2) is 0 Å². The van der Waals surface area contributed by atoms with Crippen LogP contribution in [-0.4, -0.2) is 28.5 Å². The van der Waals surface area contributed by atoms with Gasteiger partial charge in [0.1, 0.15) is 0 Å². The third-order valence-electron chi connectivity index (χ3n) is 2.87. The van der Waals surface area contributed by atoms with Crippen LogP contribution in [0.5, 0.6) is 0 Å². The van der Waals surface area contributed by atoms with Crippen LogP contribution in [0.2, 0.25) is 0 Å². The molecule has 0 radical (unpaired) electrons. The van der Waals surface area contributed by atoms with Gasteiger partial charge < -0.3 is 9.30 Å². The highest BCUT2D eigenvalue weighted by atomic mass is 32.1. The molecular formula is C13H17N3OS. The molecule has 18 heavy (non-hydrogen) atoms. The van der Waals surface area contributed by atoms with Crippen LogP contribution in [0, 0.1) is 11.7 Å². The molecular weight excluding hydrogens is 246 g/mol. The molecule has 0 aliphatic rings. The molecule has 0 spiro atoms. The van der Waals surface area contributed by atoms with E-state index in [2.05, 4.69) is 29.3 Å². The van der Waals surface area contributed by atoms with E-state index in [1.165, 1.54) is 5.56 Å². The molecule has 1 N–H and O–H groups in total. The first-order valence-corrected chi connectivity index (χ1v) is 6.35. The van der Waals surface area contributed by atoms with Gasteiger partial charge in [-0.2, -0.15) is 5.10 Å². The summed E-state index contributed by atoms with van der Waals surface area (Å²) in [6, 6.07) is 8.18. The van der Waals surface area contributed by atoms with Gasteiger partial charge in [0, 0.05) is 25.8 Å². The number of aromatic nitrogens is 3. The zero-order chi connectivity index (χ0) is 13.0. The molecule has 1 aromatic heterocycles. The molecule has 0 aliphatic carbocycles. The lowest BCUT2D eigenvalue weighted by atomic mass is 10.1. The predicted molar refractivity (Wildman–Crippen MR) is 74.1 cm³/mol. The van der Waals surface area contributed by atoms with Crippen LogP contribution in [0.1, 0.15) is 12.0 Å². The number of rotatable bonds is 5. The van der Waals surface area contributed by atoms with Gasteiger partial charge in [0.05, 0.1) is 0 Å². The number of aryl methyl sites for hydroxylation is 1. The topological polar surface area (TPSA) is 42.8 Å². The Labute approximate surface area is 112 Å². The molecule has 4 nitrogen and oxygen atoms in total. The fourth-order valence-electron chi connectivity index (χ4n) is 1.92. The van der Waals surface area contributed by atoms with E-state index in [4.69, 9.17) is 17.0 Å². The van der Waals surface area contributed by atoms with Gasteiger partial charge >= 0.3 is 0 Å². The van der Waals surface area contributed by atoms with Gasteiger partial charge in [0.2, 0.25) is 0 Å². The van der Waals surface area contributed by atoms with Crippen molar-refractivity contribution in [3.05, 3.63) is 34.6 Å². The molecule has 1 aromatic carbocycles. The number of aromatic amines is 1. The first-order valence-electron chi connectivity index (χ1n) is 5.94. The maximum atomic E-state index is 5.27. The molecule has 2 rings (SSSR count). The molecule has 1 heterocycles. The van der Waals surface area contributed by atoms with Crippen LogP contribution < -0.4 is 0 Å². The number of ether oxygens (including phenoxy) is 1. The average Bonchev–Trinajstić information content (AvgIpc) is 2.72. The van der Waals surface area contributed by atoms with E-state index in [1.807, 2.05) is 16.7 Å². The van der Waals surface area contributed by atoms with E-state index in [-0.39, 0.29) is 0 Å². The average molecular weight is 263 g/mol. The van der Waals surface area contributed by atoms with E-state index in [9.17, 15) is 0 Å².